The number of nitrogens with zero attached hydrogens (tertiary/aromatic N) is 1. The van der Waals surface area contributed by atoms with Gasteiger partial charge in [0.25, 0.3) is 0 Å². The van der Waals surface area contributed by atoms with Crippen molar-refractivity contribution in [3.05, 3.63) is 122 Å². The molecule has 0 aromatic heterocycles. The van der Waals surface area contributed by atoms with Crippen LogP contribution in [0.25, 0.3) is 0 Å². The van der Waals surface area contributed by atoms with Crippen molar-refractivity contribution in [2.45, 2.75) is 309 Å². The molecule has 0 aliphatic heterocycles. The predicted molar refractivity (Wildman–Crippen MR) is 370 cm³/mol. The molecule has 0 saturated heterocycles. The van der Waals surface area contributed by atoms with Gasteiger partial charge in [-0.05, 0) is 109 Å². The average Bonchev–Trinajstić information content (AvgIpc) is 3.57. The largest absolute Gasteiger partial charge is 0.545 e. The zero-order valence-electron chi connectivity index (χ0n) is 56.9. The molecule has 87 heavy (non-hydrogen) atoms. The van der Waals surface area contributed by atoms with Crippen LogP contribution >= 0.6 is 0 Å². The molecule has 0 aliphatic rings. The predicted octanol–water partition coefficient (Wildman–Crippen LogP) is 21.0. The molecule has 9 nitrogen and oxygen atoms in total. The van der Waals surface area contributed by atoms with Gasteiger partial charge in [-0.1, -0.05) is 296 Å². The quantitative estimate of drug-likeness (QED) is 0.0195. The number of unbranched alkanes of at least 4 members (excludes halogenated alkanes) is 30. The molecule has 2 unspecified atom stereocenters. The number of quaternary nitrogens is 1. The summed E-state index contributed by atoms with van der Waals surface area (Å²) in [6.45, 7) is 4.61. The summed E-state index contributed by atoms with van der Waals surface area (Å²) in [6.07, 6.45) is 92.9. The Morgan fingerprint density at radius 1 is 0.356 bits per heavy atom. The third-order valence-electron chi connectivity index (χ3n) is 15.2. The standard InChI is InChI=1S/C78H133NO8/c1-6-8-10-12-14-16-18-20-22-24-26-28-30-32-34-36-37-38-39-41-42-44-46-48-50-52-54-56-58-60-62-64-66-68-75(80)85-72-74(73-86-78(77(82)83)84-71-70-79(3,4)5)87-76(81)69-67-65-63-61-59-57-55-53-51-49-47-45-43-40-35-33-31-29-27-25-23-21-19-17-15-13-11-9-7-2/h9,11,15,17-18,20-21,23-24,26-27,29,33,35,43,45,49,51,55,57,74,78H,6-8,10,12-14,16,19,22,25,28,30-32,34,36-42,44,46-48,50,52-54,56,58-73H2,1-5H3/b11-9-,17-15-,20-18-,23-21-,26-24-,29-27-,35-33-,45-43-,51-49-,57-55-. The molecule has 0 aromatic rings. The zero-order valence-corrected chi connectivity index (χ0v) is 56.9. The van der Waals surface area contributed by atoms with E-state index in [1.165, 1.54) is 161 Å². The van der Waals surface area contributed by atoms with E-state index in [0.717, 1.165) is 103 Å². The van der Waals surface area contributed by atoms with Gasteiger partial charge in [-0.2, -0.15) is 0 Å². The van der Waals surface area contributed by atoms with Crippen molar-refractivity contribution in [2.75, 3.05) is 47.5 Å². The van der Waals surface area contributed by atoms with Crippen LogP contribution in [0.3, 0.4) is 0 Å². The smallest absolute Gasteiger partial charge is 0.306 e. The second kappa shape index (κ2) is 67.6. The molecule has 0 aromatic carbocycles. The second-order valence-corrected chi connectivity index (χ2v) is 24.8. The molecule has 0 aliphatic carbocycles. The van der Waals surface area contributed by atoms with Crippen molar-refractivity contribution in [3.63, 3.8) is 0 Å². The van der Waals surface area contributed by atoms with E-state index in [1.54, 1.807) is 0 Å². The first-order valence-electron chi connectivity index (χ1n) is 35.7. The summed E-state index contributed by atoms with van der Waals surface area (Å²) in [6, 6.07) is 0. The Morgan fingerprint density at radius 2 is 0.655 bits per heavy atom. The molecular formula is C78H133NO8. The lowest BCUT2D eigenvalue weighted by Gasteiger charge is -2.26. The molecule has 0 spiro atoms. The number of aliphatic carboxylic acids is 1. The Balaban J connectivity index is 4.16. The van der Waals surface area contributed by atoms with E-state index in [9.17, 15) is 19.5 Å². The number of carboxylic acids is 1. The SMILES string of the molecule is CC/C=C\C/C=C\C/C=C\C/C=C\C/C=C\C/C=C\C/C=C\C/C=C\CCCCCCC(=O)OC(COC(=O)CCCCCCCCCCCCCCCCCCCCCCC/C=C\C/C=C\CCCCCCC)COC(OCC[N+](C)(C)C)C(=O)[O-]. The first-order chi connectivity index (χ1) is 42.6. The van der Waals surface area contributed by atoms with Gasteiger partial charge in [0.1, 0.15) is 13.2 Å². The number of allylic oxidation sites excluding steroid dienone is 20. The van der Waals surface area contributed by atoms with Crippen LogP contribution in [0.2, 0.25) is 0 Å². The number of carbonyl (C=O) groups is 3. The molecule has 2 atom stereocenters. The Morgan fingerprint density at radius 3 is 0.977 bits per heavy atom. The number of carbonyl (C=O) groups excluding carboxylic acids is 3. The van der Waals surface area contributed by atoms with Gasteiger partial charge in [0.2, 0.25) is 0 Å². The van der Waals surface area contributed by atoms with Crippen LogP contribution in [0, 0.1) is 0 Å². The number of likely N-dealkylation sites (N-methyl/N-ethyl adjacent to an activating group) is 1. The Kier molecular flexibility index (Phi) is 64.3. The normalized spacial score (nSPS) is 13.4. The molecule has 0 saturated carbocycles. The monoisotopic (exact) mass is 1210 g/mol. The Hall–Kier alpha value is -4.31. The molecule has 0 N–H and O–H groups in total. The Labute approximate surface area is 536 Å². The Bertz CT molecular complexity index is 1840. The number of esters is 2. The second-order valence-electron chi connectivity index (χ2n) is 24.8. The van der Waals surface area contributed by atoms with E-state index < -0.39 is 24.3 Å². The van der Waals surface area contributed by atoms with Gasteiger partial charge in [-0.3, -0.25) is 9.59 Å². The topological polar surface area (TPSA) is 111 Å². The maximum absolute atomic E-state index is 12.9. The van der Waals surface area contributed by atoms with Crippen molar-refractivity contribution in [3.8, 4) is 0 Å². The molecule has 0 bridgehead atoms. The van der Waals surface area contributed by atoms with Crippen molar-refractivity contribution >= 4 is 17.9 Å². The van der Waals surface area contributed by atoms with Crippen LogP contribution in [0.5, 0.6) is 0 Å². The van der Waals surface area contributed by atoms with Crippen molar-refractivity contribution in [1.82, 2.24) is 0 Å². The molecule has 0 radical (unpaired) electrons. The number of ether oxygens (including phenoxy) is 4. The molecule has 0 heterocycles. The van der Waals surface area contributed by atoms with Crippen LogP contribution in [-0.2, 0) is 33.3 Å². The average molecular weight is 1210 g/mol. The van der Waals surface area contributed by atoms with E-state index >= 15 is 0 Å². The van der Waals surface area contributed by atoms with Crippen LogP contribution in [0.15, 0.2) is 122 Å². The third-order valence-corrected chi connectivity index (χ3v) is 15.2. The molecule has 9 heteroatoms. The lowest BCUT2D eigenvalue weighted by atomic mass is 10.0. The van der Waals surface area contributed by atoms with Gasteiger partial charge in [-0.15, -0.1) is 0 Å². The maximum atomic E-state index is 12.9. The summed E-state index contributed by atoms with van der Waals surface area (Å²) in [5.41, 5.74) is 0. The molecule has 0 rings (SSSR count). The zero-order chi connectivity index (χ0) is 63.3. The third kappa shape index (κ3) is 69.0. The summed E-state index contributed by atoms with van der Waals surface area (Å²) >= 11 is 0. The van der Waals surface area contributed by atoms with Crippen molar-refractivity contribution < 1.29 is 42.9 Å². The number of hydrogen-bond acceptors (Lipinski definition) is 8. The maximum Gasteiger partial charge on any atom is 0.306 e. The fourth-order valence-corrected chi connectivity index (χ4v) is 9.76. The van der Waals surface area contributed by atoms with Crippen LogP contribution in [-0.4, -0.2) is 82.3 Å². The highest BCUT2D eigenvalue weighted by Crippen LogP contribution is 2.17. The summed E-state index contributed by atoms with van der Waals surface area (Å²) in [7, 11) is 5.92. The number of rotatable bonds is 65. The number of carboxylic acid groups (broad SMARTS) is 1. The van der Waals surface area contributed by atoms with E-state index in [0.29, 0.717) is 17.4 Å². The van der Waals surface area contributed by atoms with Crippen LogP contribution < -0.4 is 5.11 Å². The van der Waals surface area contributed by atoms with Gasteiger partial charge in [0.05, 0.1) is 40.3 Å². The van der Waals surface area contributed by atoms with Crippen molar-refractivity contribution in [1.29, 1.82) is 0 Å². The molecule has 0 amide bonds. The van der Waals surface area contributed by atoms with E-state index in [4.69, 9.17) is 18.9 Å². The molecule has 498 valence electrons. The van der Waals surface area contributed by atoms with Gasteiger partial charge in [-0.25, -0.2) is 0 Å². The first-order valence-corrected chi connectivity index (χ1v) is 35.7. The summed E-state index contributed by atoms with van der Waals surface area (Å²) in [5.74, 6) is -2.32. The first kappa shape index (κ1) is 82.7. The molecule has 0 fully saturated rings. The van der Waals surface area contributed by atoms with Gasteiger partial charge >= 0.3 is 11.9 Å². The van der Waals surface area contributed by atoms with Gasteiger partial charge in [0, 0.05) is 12.8 Å². The van der Waals surface area contributed by atoms with E-state index in [2.05, 4.69) is 135 Å². The van der Waals surface area contributed by atoms with Crippen LogP contribution in [0.4, 0.5) is 0 Å². The van der Waals surface area contributed by atoms with E-state index in [1.807, 2.05) is 21.1 Å². The van der Waals surface area contributed by atoms with Crippen molar-refractivity contribution in [2.24, 2.45) is 0 Å². The molecular weight excluding hydrogens is 1080 g/mol. The number of hydrogen-bond donors (Lipinski definition) is 0. The lowest BCUT2D eigenvalue weighted by Crippen LogP contribution is -2.44. The lowest BCUT2D eigenvalue weighted by molar-refractivity contribution is -0.870. The summed E-state index contributed by atoms with van der Waals surface area (Å²) in [5, 5.41) is 11.8. The fraction of sp³-hybridized carbons (Fsp3) is 0.705. The van der Waals surface area contributed by atoms with Gasteiger partial charge in [0.15, 0.2) is 12.4 Å². The highest BCUT2D eigenvalue weighted by Gasteiger charge is 2.22. The summed E-state index contributed by atoms with van der Waals surface area (Å²) in [4.78, 5) is 37.5. The highest BCUT2D eigenvalue weighted by atomic mass is 16.7. The van der Waals surface area contributed by atoms with E-state index in [-0.39, 0.29) is 38.6 Å². The fourth-order valence-electron chi connectivity index (χ4n) is 9.76. The van der Waals surface area contributed by atoms with Gasteiger partial charge < -0.3 is 33.3 Å². The summed E-state index contributed by atoms with van der Waals surface area (Å²) < 4.78 is 22.8. The minimum Gasteiger partial charge on any atom is -0.545 e. The minimum absolute atomic E-state index is 0.137. The highest BCUT2D eigenvalue weighted by molar-refractivity contribution is 5.70. The minimum atomic E-state index is -1.64. The van der Waals surface area contributed by atoms with Crippen LogP contribution in [0.1, 0.15) is 296 Å².